The van der Waals surface area contributed by atoms with Crippen molar-refractivity contribution in [1.29, 1.82) is 0 Å². The van der Waals surface area contributed by atoms with Gasteiger partial charge in [0.15, 0.2) is 0 Å². The van der Waals surface area contributed by atoms with Gasteiger partial charge in [-0.05, 0) is 38.4 Å². The lowest BCUT2D eigenvalue weighted by atomic mass is 9.73. The van der Waals surface area contributed by atoms with E-state index in [4.69, 9.17) is 0 Å². The number of alkyl halides is 3. The summed E-state index contributed by atoms with van der Waals surface area (Å²) in [5, 5.41) is 6.43. The maximum Gasteiger partial charge on any atom is 0.390 e. The Kier molecular flexibility index (Phi) is 5.27. The van der Waals surface area contributed by atoms with Gasteiger partial charge in [-0.3, -0.25) is 0 Å². The second-order valence-corrected chi connectivity index (χ2v) is 6.00. The molecule has 2 N–H and O–H groups in total. The van der Waals surface area contributed by atoms with Crippen molar-refractivity contribution in [3.63, 3.8) is 0 Å². The van der Waals surface area contributed by atoms with Crippen LogP contribution in [0.1, 0.15) is 31.7 Å². The summed E-state index contributed by atoms with van der Waals surface area (Å²) in [7, 11) is 0. The van der Waals surface area contributed by atoms with Gasteiger partial charge < -0.3 is 10.6 Å². The minimum Gasteiger partial charge on any atom is -0.317 e. The third-order valence-corrected chi connectivity index (χ3v) is 4.27. The van der Waals surface area contributed by atoms with E-state index in [0.29, 0.717) is 6.54 Å². The molecule has 0 bridgehead atoms. The fraction of sp³-hybridized carbons (Fsp3) is 0.625. The van der Waals surface area contributed by atoms with Crippen LogP contribution in [0.3, 0.4) is 0 Å². The van der Waals surface area contributed by atoms with Crippen LogP contribution < -0.4 is 10.6 Å². The molecule has 21 heavy (non-hydrogen) atoms. The first-order chi connectivity index (χ1) is 9.91. The van der Waals surface area contributed by atoms with Crippen LogP contribution in [0.15, 0.2) is 30.3 Å². The van der Waals surface area contributed by atoms with Crippen LogP contribution in [-0.4, -0.2) is 31.9 Å². The van der Waals surface area contributed by atoms with Crippen molar-refractivity contribution in [1.82, 2.24) is 10.6 Å². The van der Waals surface area contributed by atoms with Gasteiger partial charge in [0.05, 0.1) is 6.42 Å². The van der Waals surface area contributed by atoms with Crippen molar-refractivity contribution in [2.75, 3.05) is 19.6 Å². The quantitative estimate of drug-likeness (QED) is 0.872. The molecular weight excluding hydrogens is 277 g/mol. The lowest BCUT2D eigenvalue weighted by molar-refractivity contribution is -0.139. The first-order valence-electron chi connectivity index (χ1n) is 7.48. The SMILES string of the molecule is CC(CC(F)(F)F)NCC1(c2ccccc2)CCNCC1. The lowest BCUT2D eigenvalue weighted by Gasteiger charge is -2.39. The van der Waals surface area contributed by atoms with Gasteiger partial charge in [0.1, 0.15) is 0 Å². The Hall–Kier alpha value is -1.07. The topological polar surface area (TPSA) is 24.1 Å². The minimum absolute atomic E-state index is 0.0631. The molecule has 0 amide bonds. The number of piperidine rings is 1. The number of hydrogen-bond acceptors (Lipinski definition) is 2. The van der Waals surface area contributed by atoms with Crippen LogP contribution in [0.2, 0.25) is 0 Å². The number of hydrogen-bond donors (Lipinski definition) is 2. The summed E-state index contributed by atoms with van der Waals surface area (Å²) in [6, 6.07) is 9.58. The Labute approximate surface area is 124 Å². The van der Waals surface area contributed by atoms with E-state index in [-0.39, 0.29) is 5.41 Å². The van der Waals surface area contributed by atoms with Crippen LogP contribution in [0.25, 0.3) is 0 Å². The molecule has 0 radical (unpaired) electrons. The Balaban J connectivity index is 2.04. The third-order valence-electron chi connectivity index (χ3n) is 4.27. The fourth-order valence-corrected chi connectivity index (χ4v) is 3.05. The molecule has 1 heterocycles. The summed E-state index contributed by atoms with van der Waals surface area (Å²) < 4.78 is 37.3. The van der Waals surface area contributed by atoms with Gasteiger partial charge in [0.2, 0.25) is 0 Å². The van der Waals surface area contributed by atoms with E-state index in [1.54, 1.807) is 6.92 Å². The molecule has 1 unspecified atom stereocenters. The molecule has 1 atom stereocenters. The second-order valence-electron chi connectivity index (χ2n) is 6.00. The number of benzene rings is 1. The van der Waals surface area contributed by atoms with Crippen molar-refractivity contribution in [2.24, 2.45) is 0 Å². The molecule has 1 aliphatic heterocycles. The molecule has 1 aromatic rings. The monoisotopic (exact) mass is 300 g/mol. The van der Waals surface area contributed by atoms with Gasteiger partial charge in [-0.1, -0.05) is 30.3 Å². The van der Waals surface area contributed by atoms with E-state index in [1.807, 2.05) is 18.2 Å². The van der Waals surface area contributed by atoms with Crippen LogP contribution in [0.4, 0.5) is 13.2 Å². The zero-order valence-electron chi connectivity index (χ0n) is 12.3. The maximum atomic E-state index is 12.4. The third kappa shape index (κ3) is 4.71. The van der Waals surface area contributed by atoms with E-state index in [9.17, 15) is 13.2 Å². The lowest BCUT2D eigenvalue weighted by Crippen LogP contribution is -2.48. The van der Waals surface area contributed by atoms with Gasteiger partial charge in [0, 0.05) is 18.0 Å². The molecule has 1 saturated heterocycles. The van der Waals surface area contributed by atoms with E-state index in [1.165, 1.54) is 5.56 Å². The van der Waals surface area contributed by atoms with Gasteiger partial charge in [0.25, 0.3) is 0 Å². The summed E-state index contributed by atoms with van der Waals surface area (Å²) in [6.45, 7) is 4.01. The largest absolute Gasteiger partial charge is 0.390 e. The average Bonchev–Trinajstić information content (AvgIpc) is 2.45. The predicted octanol–water partition coefficient (Wildman–Crippen LogP) is 3.24. The summed E-state index contributed by atoms with van der Waals surface area (Å²) in [6.07, 6.45) is -3.00. The molecule has 2 nitrogen and oxygen atoms in total. The second kappa shape index (κ2) is 6.79. The molecule has 118 valence electrons. The summed E-state index contributed by atoms with van der Waals surface area (Å²) in [5.74, 6) is 0. The molecule has 2 rings (SSSR count). The zero-order valence-corrected chi connectivity index (χ0v) is 12.3. The molecule has 1 aromatic carbocycles. The Morgan fingerprint density at radius 2 is 1.81 bits per heavy atom. The van der Waals surface area contributed by atoms with Crippen molar-refractivity contribution in [3.05, 3.63) is 35.9 Å². The molecule has 0 aromatic heterocycles. The fourth-order valence-electron chi connectivity index (χ4n) is 3.05. The number of rotatable bonds is 5. The molecule has 0 spiro atoms. The summed E-state index contributed by atoms with van der Waals surface area (Å²) >= 11 is 0. The highest BCUT2D eigenvalue weighted by Crippen LogP contribution is 2.33. The number of nitrogens with one attached hydrogen (secondary N) is 2. The van der Waals surface area contributed by atoms with Gasteiger partial charge in [-0.2, -0.15) is 13.2 Å². The highest BCUT2D eigenvalue weighted by atomic mass is 19.4. The van der Waals surface area contributed by atoms with E-state index in [0.717, 1.165) is 25.9 Å². The Bertz CT molecular complexity index is 425. The standard InChI is InChI=1S/C16H23F3N2/c1-13(11-16(17,18)19)21-12-15(7-9-20-10-8-15)14-5-3-2-4-6-14/h2-6,13,20-21H,7-12H2,1H3. The van der Waals surface area contributed by atoms with E-state index >= 15 is 0 Å². The first kappa shape index (κ1) is 16.3. The minimum atomic E-state index is -4.11. The van der Waals surface area contributed by atoms with E-state index in [2.05, 4.69) is 22.8 Å². The van der Waals surface area contributed by atoms with Crippen molar-refractivity contribution < 1.29 is 13.2 Å². The smallest absolute Gasteiger partial charge is 0.317 e. The molecule has 1 aliphatic rings. The first-order valence-corrected chi connectivity index (χ1v) is 7.48. The highest BCUT2D eigenvalue weighted by Gasteiger charge is 2.35. The molecule has 1 fully saturated rings. The molecule has 0 saturated carbocycles. The molecule has 5 heteroatoms. The van der Waals surface area contributed by atoms with Crippen LogP contribution in [0.5, 0.6) is 0 Å². The van der Waals surface area contributed by atoms with Crippen molar-refractivity contribution >= 4 is 0 Å². The van der Waals surface area contributed by atoms with Crippen LogP contribution in [-0.2, 0) is 5.41 Å². The zero-order chi connectivity index (χ0) is 15.3. The maximum absolute atomic E-state index is 12.4. The van der Waals surface area contributed by atoms with Crippen molar-refractivity contribution in [2.45, 2.75) is 43.8 Å². The predicted molar refractivity (Wildman–Crippen MR) is 78.4 cm³/mol. The van der Waals surface area contributed by atoms with Gasteiger partial charge in [-0.25, -0.2) is 0 Å². The van der Waals surface area contributed by atoms with Gasteiger partial charge in [-0.15, -0.1) is 0 Å². The average molecular weight is 300 g/mol. The highest BCUT2D eigenvalue weighted by molar-refractivity contribution is 5.27. The van der Waals surface area contributed by atoms with Crippen LogP contribution in [0, 0.1) is 0 Å². The van der Waals surface area contributed by atoms with Crippen molar-refractivity contribution in [3.8, 4) is 0 Å². The summed E-state index contributed by atoms with van der Waals surface area (Å²) in [5.41, 5.74) is 1.16. The Morgan fingerprint density at radius 3 is 2.38 bits per heavy atom. The number of halogens is 3. The van der Waals surface area contributed by atoms with Gasteiger partial charge >= 0.3 is 6.18 Å². The van der Waals surface area contributed by atoms with E-state index < -0.39 is 18.6 Å². The summed E-state index contributed by atoms with van der Waals surface area (Å²) in [4.78, 5) is 0. The molecule has 0 aliphatic carbocycles. The Morgan fingerprint density at radius 1 is 1.19 bits per heavy atom. The molecular formula is C16H23F3N2. The normalized spacial score (nSPS) is 20.2. The van der Waals surface area contributed by atoms with Crippen LogP contribution >= 0.6 is 0 Å².